The molecule has 2 atom stereocenters. The third-order valence-corrected chi connectivity index (χ3v) is 3.48. The molecule has 0 radical (unpaired) electrons. The molecule has 7 heteroatoms. The van der Waals surface area contributed by atoms with Crippen molar-refractivity contribution < 1.29 is 9.53 Å². The van der Waals surface area contributed by atoms with Gasteiger partial charge < -0.3 is 15.4 Å². The number of carbonyl (C=O) groups excluding carboxylic acids is 1. The lowest BCUT2D eigenvalue weighted by atomic mass is 10.1. The second kappa shape index (κ2) is 10.1. The lowest BCUT2D eigenvalue weighted by Crippen LogP contribution is -2.42. The zero-order valence-corrected chi connectivity index (χ0v) is 15.0. The van der Waals surface area contributed by atoms with E-state index in [1.165, 1.54) is 0 Å². The van der Waals surface area contributed by atoms with Gasteiger partial charge in [0.25, 0.3) is 0 Å². The SMILES string of the molecule is CNC(C(=O)NC(C)COCc1ccccc1)c1cnn(C)c1.Cl. The van der Waals surface area contributed by atoms with Gasteiger partial charge in [0.15, 0.2) is 0 Å². The zero-order chi connectivity index (χ0) is 16.7. The largest absolute Gasteiger partial charge is 0.375 e. The molecule has 1 aromatic heterocycles. The first-order chi connectivity index (χ1) is 11.1. The normalized spacial score (nSPS) is 13.0. The molecule has 0 aliphatic rings. The predicted octanol–water partition coefficient (Wildman–Crippen LogP) is 1.82. The number of likely N-dealkylation sites (N-methyl/N-ethyl adjacent to an activating group) is 1. The van der Waals surface area contributed by atoms with Crippen LogP contribution < -0.4 is 10.6 Å². The first-order valence-electron chi connectivity index (χ1n) is 7.68. The Balaban J connectivity index is 0.00000288. The van der Waals surface area contributed by atoms with Crippen LogP contribution in [0.25, 0.3) is 0 Å². The summed E-state index contributed by atoms with van der Waals surface area (Å²) < 4.78 is 7.33. The van der Waals surface area contributed by atoms with Crippen molar-refractivity contribution in [3.05, 3.63) is 53.9 Å². The number of nitrogens with zero attached hydrogens (tertiary/aromatic N) is 2. The summed E-state index contributed by atoms with van der Waals surface area (Å²) in [6.07, 6.45) is 3.52. The van der Waals surface area contributed by atoms with Crippen LogP contribution in [0.1, 0.15) is 24.1 Å². The minimum Gasteiger partial charge on any atom is -0.375 e. The minimum absolute atomic E-state index is 0. The van der Waals surface area contributed by atoms with Gasteiger partial charge in [-0.2, -0.15) is 5.10 Å². The Morgan fingerprint density at radius 2 is 2.04 bits per heavy atom. The number of hydrogen-bond acceptors (Lipinski definition) is 4. The van der Waals surface area contributed by atoms with E-state index < -0.39 is 6.04 Å². The first kappa shape index (κ1) is 20.2. The van der Waals surface area contributed by atoms with Crippen LogP contribution in [0.3, 0.4) is 0 Å². The van der Waals surface area contributed by atoms with Crippen molar-refractivity contribution in [3.8, 4) is 0 Å². The Bertz CT molecular complexity index is 618. The van der Waals surface area contributed by atoms with Crippen molar-refractivity contribution in [2.45, 2.75) is 25.6 Å². The average Bonchev–Trinajstić information content (AvgIpc) is 2.95. The molecule has 0 spiro atoms. The Labute approximate surface area is 149 Å². The lowest BCUT2D eigenvalue weighted by Gasteiger charge is -2.19. The monoisotopic (exact) mass is 352 g/mol. The molecule has 2 aromatic rings. The van der Waals surface area contributed by atoms with Crippen molar-refractivity contribution in [1.29, 1.82) is 0 Å². The number of halogens is 1. The van der Waals surface area contributed by atoms with E-state index in [9.17, 15) is 4.79 Å². The minimum atomic E-state index is -0.416. The highest BCUT2D eigenvalue weighted by Gasteiger charge is 2.21. The van der Waals surface area contributed by atoms with Gasteiger partial charge >= 0.3 is 0 Å². The van der Waals surface area contributed by atoms with Gasteiger partial charge in [-0.1, -0.05) is 30.3 Å². The van der Waals surface area contributed by atoms with E-state index in [0.717, 1.165) is 11.1 Å². The number of ether oxygens (including phenoxy) is 1. The topological polar surface area (TPSA) is 68.2 Å². The molecule has 0 aliphatic heterocycles. The maximum Gasteiger partial charge on any atom is 0.242 e. The van der Waals surface area contributed by atoms with Gasteiger partial charge in [-0.15, -0.1) is 12.4 Å². The molecule has 2 unspecified atom stereocenters. The number of carbonyl (C=O) groups is 1. The van der Waals surface area contributed by atoms with E-state index in [2.05, 4.69) is 15.7 Å². The highest BCUT2D eigenvalue weighted by atomic mass is 35.5. The van der Waals surface area contributed by atoms with E-state index in [0.29, 0.717) is 13.2 Å². The fourth-order valence-electron chi connectivity index (χ4n) is 2.33. The van der Waals surface area contributed by atoms with Crippen molar-refractivity contribution in [1.82, 2.24) is 20.4 Å². The summed E-state index contributed by atoms with van der Waals surface area (Å²) >= 11 is 0. The molecule has 0 fully saturated rings. The number of benzene rings is 1. The van der Waals surface area contributed by atoms with Crippen LogP contribution in [-0.4, -0.2) is 35.4 Å². The molecular formula is C17H25ClN4O2. The first-order valence-corrected chi connectivity index (χ1v) is 7.68. The van der Waals surface area contributed by atoms with Gasteiger partial charge in [0.1, 0.15) is 6.04 Å². The van der Waals surface area contributed by atoms with Crippen LogP contribution in [-0.2, 0) is 23.2 Å². The third kappa shape index (κ3) is 5.96. The summed E-state index contributed by atoms with van der Waals surface area (Å²) in [6.45, 7) is 2.93. The maximum absolute atomic E-state index is 12.4. The van der Waals surface area contributed by atoms with Crippen molar-refractivity contribution in [2.75, 3.05) is 13.7 Å². The van der Waals surface area contributed by atoms with Gasteiger partial charge in [0.05, 0.1) is 19.4 Å². The summed E-state index contributed by atoms with van der Waals surface area (Å²) in [5.74, 6) is -0.0867. The van der Waals surface area contributed by atoms with E-state index in [1.807, 2.05) is 50.5 Å². The van der Waals surface area contributed by atoms with Crippen LogP contribution in [0.4, 0.5) is 0 Å². The summed E-state index contributed by atoms with van der Waals surface area (Å²) in [5, 5.41) is 10.1. The zero-order valence-electron chi connectivity index (χ0n) is 14.2. The number of amides is 1. The number of aromatic nitrogens is 2. The highest BCUT2D eigenvalue weighted by molar-refractivity contribution is 5.85. The summed E-state index contributed by atoms with van der Waals surface area (Å²) in [5.41, 5.74) is 1.96. The van der Waals surface area contributed by atoms with Crippen LogP contribution in [0, 0.1) is 0 Å². The summed E-state index contributed by atoms with van der Waals surface area (Å²) in [6, 6.07) is 9.48. The molecule has 0 saturated heterocycles. The van der Waals surface area contributed by atoms with Gasteiger partial charge in [0, 0.05) is 24.8 Å². The van der Waals surface area contributed by atoms with E-state index in [-0.39, 0.29) is 24.4 Å². The highest BCUT2D eigenvalue weighted by Crippen LogP contribution is 2.11. The molecule has 1 heterocycles. The molecule has 0 saturated carbocycles. The molecular weight excluding hydrogens is 328 g/mol. The van der Waals surface area contributed by atoms with Crippen molar-refractivity contribution >= 4 is 18.3 Å². The van der Waals surface area contributed by atoms with Gasteiger partial charge in [-0.3, -0.25) is 9.48 Å². The smallest absolute Gasteiger partial charge is 0.242 e. The summed E-state index contributed by atoms with van der Waals surface area (Å²) in [4.78, 5) is 12.4. The molecule has 0 aliphatic carbocycles. The average molecular weight is 353 g/mol. The van der Waals surface area contributed by atoms with Gasteiger partial charge in [-0.25, -0.2) is 0 Å². The fourth-order valence-corrected chi connectivity index (χ4v) is 2.33. The maximum atomic E-state index is 12.4. The Morgan fingerprint density at radius 3 is 2.62 bits per heavy atom. The Kier molecular flexibility index (Phi) is 8.46. The van der Waals surface area contributed by atoms with Gasteiger partial charge in [-0.05, 0) is 19.5 Å². The molecule has 6 nitrogen and oxygen atoms in total. The van der Waals surface area contributed by atoms with Crippen molar-refractivity contribution in [3.63, 3.8) is 0 Å². The molecule has 1 amide bonds. The predicted molar refractivity (Wildman–Crippen MR) is 96.0 cm³/mol. The standard InChI is InChI=1S/C17H24N4O2.ClH/c1-13(11-23-12-14-7-5-4-6-8-14)20-17(22)16(18-2)15-9-19-21(3)10-15;/h4-10,13,16,18H,11-12H2,1-3H3,(H,20,22);1H. The molecule has 1 aromatic carbocycles. The van der Waals surface area contributed by atoms with E-state index in [4.69, 9.17) is 4.74 Å². The van der Waals surface area contributed by atoms with Crippen LogP contribution in [0.15, 0.2) is 42.7 Å². The quantitative estimate of drug-likeness (QED) is 0.760. The fraction of sp³-hybridized carbons (Fsp3) is 0.412. The molecule has 0 bridgehead atoms. The van der Waals surface area contributed by atoms with Crippen LogP contribution in [0.2, 0.25) is 0 Å². The second-order valence-electron chi connectivity index (χ2n) is 5.58. The van der Waals surface area contributed by atoms with Crippen LogP contribution >= 0.6 is 12.4 Å². The number of hydrogen-bond donors (Lipinski definition) is 2. The molecule has 132 valence electrons. The van der Waals surface area contributed by atoms with E-state index >= 15 is 0 Å². The van der Waals surface area contributed by atoms with Crippen LogP contribution in [0.5, 0.6) is 0 Å². The number of nitrogens with one attached hydrogen (secondary N) is 2. The molecule has 24 heavy (non-hydrogen) atoms. The van der Waals surface area contributed by atoms with Crippen molar-refractivity contribution in [2.24, 2.45) is 7.05 Å². The molecule has 2 rings (SSSR count). The Morgan fingerprint density at radius 1 is 1.33 bits per heavy atom. The Hall–Kier alpha value is -1.89. The second-order valence-corrected chi connectivity index (χ2v) is 5.58. The molecule has 2 N–H and O–H groups in total. The number of rotatable bonds is 8. The van der Waals surface area contributed by atoms with E-state index in [1.54, 1.807) is 17.9 Å². The third-order valence-electron chi connectivity index (χ3n) is 3.48. The summed E-state index contributed by atoms with van der Waals surface area (Å²) in [7, 11) is 3.59. The lowest BCUT2D eigenvalue weighted by molar-refractivity contribution is -0.124. The number of aryl methyl sites for hydroxylation is 1. The van der Waals surface area contributed by atoms with Gasteiger partial charge in [0.2, 0.25) is 5.91 Å².